The van der Waals surface area contributed by atoms with E-state index < -0.39 is 15.3 Å². The van der Waals surface area contributed by atoms with E-state index in [1.54, 1.807) is 12.1 Å². The monoisotopic (exact) mass is 363 g/mol. The second kappa shape index (κ2) is 7.41. The molecule has 7 heteroatoms. The largest absolute Gasteiger partial charge is 0.236 e. The van der Waals surface area contributed by atoms with Gasteiger partial charge in [-0.2, -0.15) is 0 Å². The van der Waals surface area contributed by atoms with Gasteiger partial charge in [-0.1, -0.05) is 26.0 Å². The van der Waals surface area contributed by atoms with Gasteiger partial charge in [-0.3, -0.25) is 0 Å². The Balaban J connectivity index is 2.81. The summed E-state index contributed by atoms with van der Waals surface area (Å²) in [5.41, 5.74) is 2.75. The summed E-state index contributed by atoms with van der Waals surface area (Å²) >= 11 is 0. The molecule has 0 bridgehead atoms. The molecule has 1 aromatic carbocycles. The molecule has 1 aromatic heterocycles. The highest BCUT2D eigenvalue weighted by atomic mass is 32.2. The van der Waals surface area contributed by atoms with Crippen LogP contribution in [-0.4, -0.2) is 18.4 Å². The van der Waals surface area contributed by atoms with E-state index in [0.717, 1.165) is 11.3 Å². The molecule has 25 heavy (non-hydrogen) atoms. The third-order valence-electron chi connectivity index (χ3n) is 3.85. The second-order valence-corrected chi connectivity index (χ2v) is 8.01. The van der Waals surface area contributed by atoms with Crippen LogP contribution in [0.15, 0.2) is 30.3 Å². The predicted octanol–water partition coefficient (Wildman–Crippen LogP) is 3.79. The van der Waals surface area contributed by atoms with Gasteiger partial charge in [0.1, 0.15) is 16.9 Å². The minimum absolute atomic E-state index is 0.0415. The van der Waals surface area contributed by atoms with E-state index >= 15 is 0 Å². The van der Waals surface area contributed by atoms with Gasteiger partial charge in [-0.05, 0) is 44.0 Å². The van der Waals surface area contributed by atoms with E-state index in [2.05, 4.69) is 9.97 Å². The van der Waals surface area contributed by atoms with E-state index in [4.69, 9.17) is 5.14 Å². The number of aromatic nitrogens is 2. The fraction of sp³-hybridized carbons (Fsp3) is 0.333. The highest BCUT2D eigenvalue weighted by Gasteiger charge is 2.25. The van der Waals surface area contributed by atoms with Gasteiger partial charge in [0, 0.05) is 11.1 Å². The van der Waals surface area contributed by atoms with Crippen molar-refractivity contribution in [2.45, 2.75) is 38.9 Å². The number of nitrogens with zero attached hydrogens (tertiary/aromatic N) is 2. The molecule has 0 radical (unpaired) electrons. The molecule has 0 aliphatic heterocycles. The van der Waals surface area contributed by atoms with Crippen LogP contribution in [0.25, 0.3) is 17.3 Å². The number of rotatable bonds is 5. The standard InChI is InChI=1S/C18H22FN3O2S/c1-5-6-15-16(11(2)3)21-18(12(4)25(20,23)24)22-17(15)13-7-9-14(19)10-8-13/h5-12H,1-4H3,(H2,20,23,24). The summed E-state index contributed by atoms with van der Waals surface area (Å²) in [4.78, 5) is 8.92. The maximum absolute atomic E-state index is 13.3. The Kier molecular flexibility index (Phi) is 5.69. The lowest BCUT2D eigenvalue weighted by molar-refractivity contribution is 0.584. The molecular weight excluding hydrogens is 341 g/mol. The number of primary sulfonamides is 1. The molecule has 2 rings (SSSR count). The zero-order chi connectivity index (χ0) is 18.8. The lowest BCUT2D eigenvalue weighted by Gasteiger charge is -2.18. The molecule has 0 saturated heterocycles. The number of halogens is 1. The van der Waals surface area contributed by atoms with Gasteiger partial charge >= 0.3 is 0 Å². The molecule has 2 N–H and O–H groups in total. The van der Waals surface area contributed by atoms with Crippen LogP contribution in [0, 0.1) is 5.82 Å². The summed E-state index contributed by atoms with van der Waals surface area (Å²) in [7, 11) is -3.83. The average molecular weight is 363 g/mol. The van der Waals surface area contributed by atoms with E-state index in [1.165, 1.54) is 19.1 Å². The number of benzene rings is 1. The van der Waals surface area contributed by atoms with E-state index in [9.17, 15) is 12.8 Å². The molecule has 0 fully saturated rings. The number of sulfonamides is 1. The molecule has 1 unspecified atom stereocenters. The Labute approximate surface area is 147 Å². The Morgan fingerprint density at radius 1 is 1.12 bits per heavy atom. The summed E-state index contributed by atoms with van der Waals surface area (Å²) in [6, 6.07) is 5.91. The first kappa shape index (κ1) is 19.2. The van der Waals surface area contributed by atoms with Crippen molar-refractivity contribution in [3.05, 3.63) is 53.2 Å². The van der Waals surface area contributed by atoms with Crippen LogP contribution in [0.2, 0.25) is 0 Å². The summed E-state index contributed by atoms with van der Waals surface area (Å²) in [5.74, 6) is -0.175. The van der Waals surface area contributed by atoms with Crippen molar-refractivity contribution in [3.63, 3.8) is 0 Å². The SMILES string of the molecule is CC=Cc1c(-c2ccc(F)cc2)nc(C(C)S(N)(=O)=O)nc1C(C)C. The minimum atomic E-state index is -3.83. The maximum Gasteiger partial charge on any atom is 0.219 e. The van der Waals surface area contributed by atoms with Crippen molar-refractivity contribution in [3.8, 4) is 11.3 Å². The first-order valence-electron chi connectivity index (χ1n) is 7.97. The topological polar surface area (TPSA) is 85.9 Å². The molecule has 0 saturated carbocycles. The third kappa shape index (κ3) is 4.29. The van der Waals surface area contributed by atoms with E-state index in [0.29, 0.717) is 11.3 Å². The lowest BCUT2D eigenvalue weighted by Crippen LogP contribution is -2.22. The highest BCUT2D eigenvalue weighted by molar-refractivity contribution is 7.89. The first-order valence-corrected chi connectivity index (χ1v) is 9.58. The predicted molar refractivity (Wildman–Crippen MR) is 97.7 cm³/mol. The quantitative estimate of drug-likeness (QED) is 0.876. The summed E-state index contributed by atoms with van der Waals surface area (Å²) in [6.07, 6.45) is 3.74. The van der Waals surface area contributed by atoms with Crippen LogP contribution >= 0.6 is 0 Å². The fourth-order valence-corrected chi connectivity index (χ4v) is 2.83. The normalized spacial score (nSPS) is 13.6. The molecule has 2 aromatic rings. The van der Waals surface area contributed by atoms with Gasteiger partial charge in [-0.15, -0.1) is 0 Å². The first-order chi connectivity index (χ1) is 11.6. The van der Waals surface area contributed by atoms with Crippen LogP contribution < -0.4 is 5.14 Å². The number of hydrogen-bond acceptors (Lipinski definition) is 4. The Morgan fingerprint density at radius 3 is 2.20 bits per heavy atom. The number of allylic oxidation sites excluding steroid dienone is 1. The molecule has 0 aliphatic carbocycles. The molecule has 1 atom stereocenters. The van der Waals surface area contributed by atoms with Gasteiger partial charge in [0.15, 0.2) is 0 Å². The molecule has 5 nitrogen and oxygen atoms in total. The van der Waals surface area contributed by atoms with Gasteiger partial charge in [0.05, 0.1) is 11.4 Å². The van der Waals surface area contributed by atoms with Crippen LogP contribution in [0.1, 0.15) is 55.9 Å². The average Bonchev–Trinajstić information content (AvgIpc) is 2.54. The zero-order valence-corrected chi connectivity index (χ0v) is 15.5. The Morgan fingerprint density at radius 2 is 1.72 bits per heavy atom. The Hall–Kier alpha value is -2.12. The zero-order valence-electron chi connectivity index (χ0n) is 14.7. The van der Waals surface area contributed by atoms with E-state index in [-0.39, 0.29) is 17.6 Å². The van der Waals surface area contributed by atoms with Gasteiger partial charge < -0.3 is 0 Å². The van der Waals surface area contributed by atoms with Crippen molar-refractivity contribution >= 4 is 16.1 Å². The maximum atomic E-state index is 13.3. The highest BCUT2D eigenvalue weighted by Crippen LogP contribution is 2.31. The summed E-state index contributed by atoms with van der Waals surface area (Å²) < 4.78 is 36.8. The van der Waals surface area contributed by atoms with E-state index in [1.807, 2.05) is 32.9 Å². The van der Waals surface area contributed by atoms with Crippen LogP contribution in [-0.2, 0) is 10.0 Å². The third-order valence-corrected chi connectivity index (χ3v) is 5.04. The Bertz CT molecular complexity index is 891. The van der Waals surface area contributed by atoms with Crippen molar-refractivity contribution in [2.24, 2.45) is 5.14 Å². The van der Waals surface area contributed by atoms with Gasteiger partial charge in [-0.25, -0.2) is 27.9 Å². The molecule has 0 aliphatic rings. The van der Waals surface area contributed by atoms with Crippen molar-refractivity contribution in [2.75, 3.05) is 0 Å². The van der Waals surface area contributed by atoms with Crippen LogP contribution in [0.3, 0.4) is 0 Å². The molecular formula is C18H22FN3O2S. The lowest BCUT2D eigenvalue weighted by atomic mass is 9.98. The number of nitrogens with two attached hydrogens (primary N) is 1. The smallest absolute Gasteiger partial charge is 0.219 e. The number of hydrogen-bond donors (Lipinski definition) is 1. The molecule has 0 amide bonds. The van der Waals surface area contributed by atoms with Crippen molar-refractivity contribution < 1.29 is 12.8 Å². The summed E-state index contributed by atoms with van der Waals surface area (Å²) in [5, 5.41) is 4.23. The minimum Gasteiger partial charge on any atom is -0.236 e. The summed E-state index contributed by atoms with van der Waals surface area (Å²) in [6.45, 7) is 7.27. The molecule has 0 spiro atoms. The molecule has 1 heterocycles. The second-order valence-electron chi connectivity index (χ2n) is 6.12. The fourth-order valence-electron chi connectivity index (χ4n) is 2.43. The van der Waals surface area contributed by atoms with Crippen LogP contribution in [0.4, 0.5) is 4.39 Å². The van der Waals surface area contributed by atoms with Crippen LogP contribution in [0.5, 0.6) is 0 Å². The molecule has 134 valence electrons. The van der Waals surface area contributed by atoms with Crippen molar-refractivity contribution in [1.82, 2.24) is 9.97 Å². The van der Waals surface area contributed by atoms with Gasteiger partial charge in [0.2, 0.25) is 10.0 Å². The van der Waals surface area contributed by atoms with Crippen molar-refractivity contribution in [1.29, 1.82) is 0 Å². The van der Waals surface area contributed by atoms with Gasteiger partial charge in [0.25, 0.3) is 0 Å².